The van der Waals surface area contributed by atoms with Crippen molar-refractivity contribution in [3.63, 3.8) is 0 Å². The van der Waals surface area contributed by atoms with E-state index in [1.807, 2.05) is 12.1 Å². The van der Waals surface area contributed by atoms with Crippen LogP contribution in [0.15, 0.2) is 54.6 Å². The van der Waals surface area contributed by atoms with Crippen LogP contribution in [0, 0.1) is 5.82 Å². The highest BCUT2D eigenvalue weighted by molar-refractivity contribution is 6.35. The molecule has 0 aromatic heterocycles. The highest BCUT2D eigenvalue weighted by Gasteiger charge is 2.16. The van der Waals surface area contributed by atoms with Gasteiger partial charge in [0, 0.05) is 15.4 Å². The lowest BCUT2D eigenvalue weighted by Gasteiger charge is -2.14. The van der Waals surface area contributed by atoms with Crippen molar-refractivity contribution in [1.82, 2.24) is 0 Å². The van der Waals surface area contributed by atoms with Gasteiger partial charge in [-0.2, -0.15) is 0 Å². The molecule has 0 saturated carbocycles. The predicted octanol–water partition coefficient (Wildman–Crippen LogP) is 6.61. The first-order valence-electron chi connectivity index (χ1n) is 6.33. The van der Waals surface area contributed by atoms with Crippen molar-refractivity contribution in [2.75, 3.05) is 0 Å². The molecule has 0 nitrogen and oxygen atoms in total. The molecule has 0 heterocycles. The maximum Gasteiger partial charge on any atom is 0.131 e. The number of fused-ring (bicyclic) bond motifs is 1. The van der Waals surface area contributed by atoms with Crippen molar-refractivity contribution >= 4 is 45.6 Å². The Balaban J connectivity index is 2.18. The first-order valence-corrected chi connectivity index (χ1v) is 7.52. The lowest BCUT2D eigenvalue weighted by molar-refractivity contribution is 0.639. The monoisotopic (exact) mass is 338 g/mol. The lowest BCUT2D eigenvalue weighted by Crippen LogP contribution is -1.96. The minimum Gasteiger partial charge on any atom is -0.206 e. The largest absolute Gasteiger partial charge is 0.206 e. The van der Waals surface area contributed by atoms with Crippen molar-refractivity contribution in [1.29, 1.82) is 0 Å². The van der Waals surface area contributed by atoms with E-state index in [0.717, 1.165) is 16.5 Å². The molecule has 3 aromatic rings. The van der Waals surface area contributed by atoms with Crippen LogP contribution in [0.1, 0.15) is 16.5 Å². The second kappa shape index (κ2) is 5.84. The van der Waals surface area contributed by atoms with Crippen LogP contribution in [0.3, 0.4) is 0 Å². The van der Waals surface area contributed by atoms with E-state index in [2.05, 4.69) is 0 Å². The van der Waals surface area contributed by atoms with Crippen molar-refractivity contribution < 1.29 is 4.39 Å². The number of hydrogen-bond donors (Lipinski definition) is 0. The molecule has 0 saturated heterocycles. The van der Waals surface area contributed by atoms with E-state index in [0.29, 0.717) is 15.4 Å². The Hall–Kier alpha value is -1.28. The van der Waals surface area contributed by atoms with Gasteiger partial charge in [-0.15, -0.1) is 11.6 Å². The molecule has 4 heteroatoms. The molecule has 3 rings (SSSR count). The Labute approximate surface area is 137 Å². The molecule has 106 valence electrons. The molecular formula is C17H10Cl3F. The van der Waals surface area contributed by atoms with Gasteiger partial charge in [-0.3, -0.25) is 0 Å². The Morgan fingerprint density at radius 3 is 2.10 bits per heavy atom. The SMILES string of the molecule is Fc1ccc(C(Cl)c2cc(Cl)cc(Cl)c2)c2ccccc12. The van der Waals surface area contributed by atoms with Crippen LogP contribution < -0.4 is 0 Å². The van der Waals surface area contributed by atoms with Gasteiger partial charge in [0.05, 0.1) is 5.38 Å². The number of rotatable bonds is 2. The van der Waals surface area contributed by atoms with E-state index in [1.165, 1.54) is 6.07 Å². The van der Waals surface area contributed by atoms with Crippen LogP contribution in [-0.2, 0) is 0 Å². The van der Waals surface area contributed by atoms with Gasteiger partial charge in [0.25, 0.3) is 0 Å². The van der Waals surface area contributed by atoms with Gasteiger partial charge in [-0.1, -0.05) is 53.5 Å². The number of alkyl halides is 1. The summed E-state index contributed by atoms with van der Waals surface area (Å²) in [6.07, 6.45) is 0. The molecule has 0 amide bonds. The fourth-order valence-electron chi connectivity index (χ4n) is 2.41. The van der Waals surface area contributed by atoms with Gasteiger partial charge in [0.15, 0.2) is 0 Å². The van der Waals surface area contributed by atoms with Gasteiger partial charge in [-0.05, 0) is 40.8 Å². The molecule has 0 N–H and O–H groups in total. The van der Waals surface area contributed by atoms with E-state index >= 15 is 0 Å². The Morgan fingerprint density at radius 1 is 0.810 bits per heavy atom. The normalized spacial score (nSPS) is 12.6. The maximum absolute atomic E-state index is 13.9. The summed E-state index contributed by atoms with van der Waals surface area (Å²) in [5, 5.41) is 1.93. The van der Waals surface area contributed by atoms with Crippen LogP contribution in [0.4, 0.5) is 4.39 Å². The predicted molar refractivity (Wildman–Crippen MR) is 88.1 cm³/mol. The van der Waals surface area contributed by atoms with E-state index in [-0.39, 0.29) is 5.82 Å². The van der Waals surface area contributed by atoms with Gasteiger partial charge in [-0.25, -0.2) is 4.39 Å². The second-order valence-corrected chi connectivity index (χ2v) is 6.06. The third kappa shape index (κ3) is 2.87. The van der Waals surface area contributed by atoms with Gasteiger partial charge >= 0.3 is 0 Å². The minimum atomic E-state index is -0.452. The zero-order chi connectivity index (χ0) is 15.0. The van der Waals surface area contributed by atoms with Crippen LogP contribution in [0.2, 0.25) is 10.0 Å². The topological polar surface area (TPSA) is 0 Å². The maximum atomic E-state index is 13.9. The quantitative estimate of drug-likeness (QED) is 0.461. The first-order chi connectivity index (χ1) is 10.1. The molecule has 0 aliphatic heterocycles. The first kappa shape index (κ1) is 14.6. The molecule has 1 unspecified atom stereocenters. The summed E-state index contributed by atoms with van der Waals surface area (Å²) in [6.45, 7) is 0. The van der Waals surface area contributed by atoms with Crippen molar-refractivity contribution in [3.8, 4) is 0 Å². The molecule has 0 bridgehead atoms. The average Bonchev–Trinajstić information content (AvgIpc) is 2.46. The third-order valence-electron chi connectivity index (χ3n) is 3.36. The summed E-state index contributed by atoms with van der Waals surface area (Å²) in [4.78, 5) is 0. The number of halogens is 4. The fourth-order valence-corrected chi connectivity index (χ4v) is 3.27. The zero-order valence-electron chi connectivity index (χ0n) is 10.8. The summed E-state index contributed by atoms with van der Waals surface area (Å²) in [6, 6.07) is 15.6. The summed E-state index contributed by atoms with van der Waals surface area (Å²) >= 11 is 18.6. The molecule has 1 atom stereocenters. The van der Waals surface area contributed by atoms with E-state index in [9.17, 15) is 4.39 Å². The van der Waals surface area contributed by atoms with Gasteiger partial charge < -0.3 is 0 Å². The molecule has 0 spiro atoms. The number of hydrogen-bond acceptors (Lipinski definition) is 0. The average molecular weight is 340 g/mol. The second-order valence-electron chi connectivity index (χ2n) is 4.75. The molecule has 21 heavy (non-hydrogen) atoms. The van der Waals surface area contributed by atoms with Crippen molar-refractivity contribution in [2.24, 2.45) is 0 Å². The summed E-state index contributed by atoms with van der Waals surface area (Å²) in [5.74, 6) is -0.262. The Kier molecular flexibility index (Phi) is 4.08. The molecule has 0 radical (unpaired) electrons. The minimum absolute atomic E-state index is 0.262. The lowest BCUT2D eigenvalue weighted by atomic mass is 9.97. The highest BCUT2D eigenvalue weighted by Crippen LogP contribution is 2.36. The molecule has 0 fully saturated rings. The Bertz CT molecular complexity index is 794. The number of benzene rings is 3. The van der Waals surface area contributed by atoms with Crippen molar-refractivity contribution in [2.45, 2.75) is 5.38 Å². The Morgan fingerprint density at radius 2 is 1.43 bits per heavy atom. The molecule has 0 aliphatic carbocycles. The molecule has 3 aromatic carbocycles. The smallest absolute Gasteiger partial charge is 0.131 e. The summed E-state index contributed by atoms with van der Waals surface area (Å²) < 4.78 is 13.9. The van der Waals surface area contributed by atoms with E-state index < -0.39 is 5.38 Å². The molecule has 0 aliphatic rings. The van der Waals surface area contributed by atoms with Crippen LogP contribution >= 0.6 is 34.8 Å². The third-order valence-corrected chi connectivity index (χ3v) is 4.28. The van der Waals surface area contributed by atoms with Crippen molar-refractivity contribution in [3.05, 3.63) is 81.6 Å². The summed E-state index contributed by atoms with van der Waals surface area (Å²) in [7, 11) is 0. The van der Waals surface area contributed by atoms with Gasteiger partial charge in [0.2, 0.25) is 0 Å². The van der Waals surface area contributed by atoms with Crippen LogP contribution in [0.25, 0.3) is 10.8 Å². The van der Waals surface area contributed by atoms with Gasteiger partial charge in [0.1, 0.15) is 5.82 Å². The van der Waals surface area contributed by atoms with E-state index in [1.54, 1.807) is 36.4 Å². The standard InChI is InChI=1S/C17H10Cl3F/c18-11-7-10(8-12(19)9-11)17(20)15-5-6-16(21)14-4-2-1-3-13(14)15/h1-9,17H. The van der Waals surface area contributed by atoms with Crippen LogP contribution in [0.5, 0.6) is 0 Å². The van der Waals surface area contributed by atoms with Crippen LogP contribution in [-0.4, -0.2) is 0 Å². The fraction of sp³-hybridized carbons (Fsp3) is 0.0588. The molecular weight excluding hydrogens is 330 g/mol. The highest BCUT2D eigenvalue weighted by atomic mass is 35.5. The van der Waals surface area contributed by atoms with E-state index in [4.69, 9.17) is 34.8 Å². The zero-order valence-corrected chi connectivity index (χ0v) is 13.1. The summed E-state index contributed by atoms with van der Waals surface area (Å²) in [5.41, 5.74) is 1.61.